The third kappa shape index (κ3) is 2.26. The number of fused-ring (bicyclic) bond motifs is 2. The molecular weight excluding hydrogens is 324 g/mol. The Morgan fingerprint density at radius 2 is 1.82 bits per heavy atom. The van der Waals surface area contributed by atoms with Crippen LogP contribution in [0.4, 0.5) is 5.13 Å². The number of aromatic nitrogens is 1. The summed E-state index contributed by atoms with van der Waals surface area (Å²) in [6, 6.07) is 11.7. The van der Waals surface area contributed by atoms with Crippen molar-refractivity contribution < 1.29 is 17.9 Å². The van der Waals surface area contributed by atoms with E-state index in [1.54, 1.807) is 30.3 Å². The van der Waals surface area contributed by atoms with Crippen LogP contribution in [-0.2, 0) is 10.0 Å². The number of anilines is 1. The molecule has 1 aromatic heterocycles. The Morgan fingerprint density at radius 1 is 1.09 bits per heavy atom. The van der Waals surface area contributed by atoms with Crippen LogP contribution in [0.25, 0.3) is 10.2 Å². The van der Waals surface area contributed by atoms with E-state index in [-0.39, 0.29) is 11.7 Å². The van der Waals surface area contributed by atoms with Gasteiger partial charge in [0.15, 0.2) is 16.6 Å². The van der Waals surface area contributed by atoms with E-state index in [2.05, 4.69) is 9.71 Å². The van der Waals surface area contributed by atoms with Crippen LogP contribution in [0, 0.1) is 0 Å². The van der Waals surface area contributed by atoms with E-state index in [0.717, 1.165) is 4.70 Å². The van der Waals surface area contributed by atoms with Gasteiger partial charge in [0.05, 0.1) is 15.1 Å². The Morgan fingerprint density at radius 3 is 2.59 bits per heavy atom. The van der Waals surface area contributed by atoms with Crippen molar-refractivity contribution in [3.63, 3.8) is 0 Å². The number of sulfonamides is 1. The van der Waals surface area contributed by atoms with Crippen LogP contribution in [0.5, 0.6) is 11.5 Å². The highest BCUT2D eigenvalue weighted by Gasteiger charge is 2.19. The molecule has 0 spiro atoms. The van der Waals surface area contributed by atoms with Gasteiger partial charge in [-0.3, -0.25) is 4.72 Å². The predicted octanol–water partition coefficient (Wildman–Crippen LogP) is 2.83. The predicted molar refractivity (Wildman–Crippen MR) is 83.0 cm³/mol. The first-order valence-corrected chi connectivity index (χ1v) is 8.70. The lowest BCUT2D eigenvalue weighted by atomic mass is 10.3. The van der Waals surface area contributed by atoms with Crippen molar-refractivity contribution in [2.75, 3.05) is 11.5 Å². The second-order valence-corrected chi connectivity index (χ2v) is 7.32. The van der Waals surface area contributed by atoms with Crippen LogP contribution in [-0.4, -0.2) is 20.2 Å². The van der Waals surface area contributed by atoms with Crippen LogP contribution in [0.1, 0.15) is 0 Å². The summed E-state index contributed by atoms with van der Waals surface area (Å²) in [4.78, 5) is 4.49. The van der Waals surface area contributed by atoms with Gasteiger partial charge in [0.25, 0.3) is 10.0 Å². The fraction of sp³-hybridized carbons (Fsp3) is 0.0714. The number of nitrogens with zero attached hydrogens (tertiary/aromatic N) is 1. The fourth-order valence-electron chi connectivity index (χ4n) is 2.14. The van der Waals surface area contributed by atoms with Crippen molar-refractivity contribution in [3.05, 3.63) is 42.5 Å². The molecule has 8 heteroatoms. The largest absolute Gasteiger partial charge is 0.454 e. The number of hydrogen-bond donors (Lipinski definition) is 1. The van der Waals surface area contributed by atoms with Gasteiger partial charge in [-0.1, -0.05) is 29.5 Å². The van der Waals surface area contributed by atoms with Gasteiger partial charge in [0, 0.05) is 12.1 Å². The molecule has 0 atom stereocenters. The molecule has 6 nitrogen and oxygen atoms in total. The first kappa shape index (κ1) is 13.4. The van der Waals surface area contributed by atoms with Crippen molar-refractivity contribution in [2.45, 2.75) is 4.90 Å². The first-order chi connectivity index (χ1) is 10.6. The minimum atomic E-state index is -3.64. The van der Waals surface area contributed by atoms with Gasteiger partial charge in [-0.15, -0.1) is 0 Å². The summed E-state index contributed by atoms with van der Waals surface area (Å²) in [6.07, 6.45) is 0. The monoisotopic (exact) mass is 334 g/mol. The summed E-state index contributed by atoms with van der Waals surface area (Å²) in [5.74, 6) is 1.27. The third-order valence-corrected chi connectivity index (χ3v) is 5.58. The number of thiazole rings is 1. The van der Waals surface area contributed by atoms with E-state index < -0.39 is 10.0 Å². The van der Waals surface area contributed by atoms with Crippen LogP contribution < -0.4 is 14.2 Å². The van der Waals surface area contributed by atoms with Crippen molar-refractivity contribution in [1.82, 2.24) is 4.98 Å². The minimum Gasteiger partial charge on any atom is -0.454 e. The van der Waals surface area contributed by atoms with Crippen LogP contribution in [0.15, 0.2) is 47.4 Å². The van der Waals surface area contributed by atoms with Crippen LogP contribution >= 0.6 is 11.3 Å². The number of hydrogen-bond acceptors (Lipinski definition) is 6. The van der Waals surface area contributed by atoms with Gasteiger partial charge in [0.2, 0.25) is 6.79 Å². The summed E-state index contributed by atoms with van der Waals surface area (Å²) in [5.41, 5.74) is 0.667. The van der Waals surface area contributed by atoms with E-state index in [9.17, 15) is 8.42 Å². The molecule has 0 bridgehead atoms. The zero-order chi connectivity index (χ0) is 15.2. The van der Waals surface area contributed by atoms with E-state index in [4.69, 9.17) is 9.47 Å². The topological polar surface area (TPSA) is 77.5 Å². The highest BCUT2D eigenvalue weighted by atomic mass is 32.2. The van der Waals surface area contributed by atoms with Gasteiger partial charge < -0.3 is 9.47 Å². The fourth-order valence-corrected chi connectivity index (χ4v) is 4.27. The molecule has 0 amide bonds. The Labute approximate surface area is 130 Å². The average molecular weight is 334 g/mol. The lowest BCUT2D eigenvalue weighted by molar-refractivity contribution is 0.174. The summed E-state index contributed by atoms with van der Waals surface area (Å²) in [5, 5.41) is 0.308. The van der Waals surface area contributed by atoms with E-state index in [1.807, 2.05) is 0 Å². The molecule has 0 saturated carbocycles. The molecule has 2 heterocycles. The van der Waals surface area contributed by atoms with Crippen molar-refractivity contribution >= 4 is 36.7 Å². The zero-order valence-electron chi connectivity index (χ0n) is 11.1. The molecular formula is C14H10N2O4S2. The standard InChI is InChI=1S/C14H10N2O4S2/c17-22(18,9-4-2-1-3-5-9)16-14-15-10-6-11-12(20-8-19-11)7-13(10)21-14/h1-7H,8H2,(H,15,16). The number of ether oxygens (including phenoxy) is 2. The average Bonchev–Trinajstić information content (AvgIpc) is 3.10. The summed E-state index contributed by atoms with van der Waals surface area (Å²) >= 11 is 1.25. The molecule has 1 aliphatic rings. The lowest BCUT2D eigenvalue weighted by Gasteiger charge is -2.03. The Balaban J connectivity index is 1.70. The van der Waals surface area contributed by atoms with E-state index >= 15 is 0 Å². The maximum Gasteiger partial charge on any atom is 0.263 e. The molecule has 1 aliphatic heterocycles. The summed E-state index contributed by atoms with van der Waals surface area (Å²) in [6.45, 7) is 0.195. The molecule has 4 rings (SSSR count). The molecule has 2 aromatic carbocycles. The highest BCUT2D eigenvalue weighted by molar-refractivity contribution is 7.93. The molecule has 1 N–H and O–H groups in total. The molecule has 22 heavy (non-hydrogen) atoms. The number of benzene rings is 2. The third-order valence-electron chi connectivity index (χ3n) is 3.16. The molecule has 112 valence electrons. The van der Waals surface area contributed by atoms with Crippen LogP contribution in [0.3, 0.4) is 0 Å². The van der Waals surface area contributed by atoms with Crippen molar-refractivity contribution in [3.8, 4) is 11.5 Å². The normalized spacial score (nSPS) is 13.5. The number of nitrogens with one attached hydrogen (secondary N) is 1. The van der Waals surface area contributed by atoms with Gasteiger partial charge in [-0.25, -0.2) is 13.4 Å². The van der Waals surface area contributed by atoms with Gasteiger partial charge in [0.1, 0.15) is 0 Å². The quantitative estimate of drug-likeness (QED) is 0.797. The molecule has 0 radical (unpaired) electrons. The van der Waals surface area contributed by atoms with Crippen LogP contribution in [0.2, 0.25) is 0 Å². The molecule has 0 saturated heterocycles. The molecule has 0 fully saturated rings. The molecule has 0 aliphatic carbocycles. The maximum absolute atomic E-state index is 12.3. The highest BCUT2D eigenvalue weighted by Crippen LogP contribution is 2.39. The minimum absolute atomic E-state index is 0.195. The Kier molecular flexibility index (Phi) is 2.95. The Bertz CT molecular complexity index is 911. The number of rotatable bonds is 3. The molecule has 3 aromatic rings. The summed E-state index contributed by atoms with van der Waals surface area (Å²) < 4.78 is 38.5. The first-order valence-electron chi connectivity index (χ1n) is 6.40. The van der Waals surface area contributed by atoms with Gasteiger partial charge >= 0.3 is 0 Å². The smallest absolute Gasteiger partial charge is 0.263 e. The maximum atomic E-state index is 12.3. The van der Waals surface area contributed by atoms with Crippen molar-refractivity contribution in [1.29, 1.82) is 0 Å². The second-order valence-electron chi connectivity index (χ2n) is 4.61. The SMILES string of the molecule is O=S(=O)(Nc1nc2cc3c(cc2s1)OCO3)c1ccccc1. The van der Waals surface area contributed by atoms with E-state index in [1.165, 1.54) is 23.5 Å². The second kappa shape index (κ2) is 4.85. The van der Waals surface area contributed by atoms with Gasteiger partial charge in [-0.2, -0.15) is 0 Å². The van der Waals surface area contributed by atoms with Gasteiger partial charge in [-0.05, 0) is 12.1 Å². The van der Waals surface area contributed by atoms with Crippen molar-refractivity contribution in [2.24, 2.45) is 0 Å². The van der Waals surface area contributed by atoms with E-state index in [0.29, 0.717) is 22.1 Å². The lowest BCUT2D eigenvalue weighted by Crippen LogP contribution is -2.12. The zero-order valence-corrected chi connectivity index (χ0v) is 12.8. The molecule has 0 unspecified atom stereocenters. The summed E-state index contributed by atoms with van der Waals surface area (Å²) in [7, 11) is -3.64. The Hall–Kier alpha value is -2.32.